The molecule has 1 aliphatic carbocycles. The normalized spacial score (nSPS) is 22.6. The molecule has 0 radical (unpaired) electrons. The number of sulfonamides is 1. The Labute approximate surface area is 142 Å². The molecule has 0 amide bonds. The number of aromatic nitrogens is 3. The molecule has 2 fully saturated rings. The van der Waals surface area contributed by atoms with E-state index in [4.69, 9.17) is 0 Å². The third kappa shape index (κ3) is 3.23. The molecular formula is C17H22N4O2S. The van der Waals surface area contributed by atoms with E-state index in [1.54, 1.807) is 4.31 Å². The summed E-state index contributed by atoms with van der Waals surface area (Å²) in [6, 6.07) is 9.14. The molecule has 2 aromatic rings. The lowest BCUT2D eigenvalue weighted by Crippen LogP contribution is -2.39. The highest BCUT2D eigenvalue weighted by atomic mass is 32.2. The van der Waals surface area contributed by atoms with Crippen LogP contribution in [0.15, 0.2) is 30.3 Å². The standard InChI is InChI=1S/C17H22N4O2S/c22-24(23,12-13-6-2-1-3-7-13)21-11-5-4-8-15(21)17-18-16(19-20-17)14-9-10-14/h1-3,6-7,14-15H,4-5,8-12H2,(H,18,19,20). The molecule has 1 unspecified atom stereocenters. The van der Waals surface area contributed by atoms with Crippen molar-refractivity contribution in [2.24, 2.45) is 0 Å². The number of aromatic amines is 1. The van der Waals surface area contributed by atoms with Crippen LogP contribution in [0.2, 0.25) is 0 Å². The summed E-state index contributed by atoms with van der Waals surface area (Å²) < 4.78 is 27.5. The van der Waals surface area contributed by atoms with Gasteiger partial charge in [0.15, 0.2) is 5.82 Å². The molecule has 128 valence electrons. The minimum Gasteiger partial charge on any atom is -0.262 e. The van der Waals surface area contributed by atoms with Crippen molar-refractivity contribution >= 4 is 10.0 Å². The van der Waals surface area contributed by atoms with Gasteiger partial charge in [-0.15, -0.1) is 0 Å². The SMILES string of the molecule is O=S(=O)(Cc1ccccc1)N1CCCCC1c1nc(C2CC2)n[nH]1. The van der Waals surface area contributed by atoms with Gasteiger partial charge in [0.2, 0.25) is 10.0 Å². The van der Waals surface area contributed by atoms with Gasteiger partial charge in [0.1, 0.15) is 5.82 Å². The van der Waals surface area contributed by atoms with Crippen molar-refractivity contribution in [1.29, 1.82) is 0 Å². The predicted molar refractivity (Wildman–Crippen MR) is 90.7 cm³/mol. The number of piperidine rings is 1. The van der Waals surface area contributed by atoms with E-state index in [9.17, 15) is 8.42 Å². The van der Waals surface area contributed by atoms with Gasteiger partial charge in [-0.3, -0.25) is 5.10 Å². The van der Waals surface area contributed by atoms with E-state index in [2.05, 4.69) is 15.2 Å². The van der Waals surface area contributed by atoms with Crippen LogP contribution in [-0.2, 0) is 15.8 Å². The number of hydrogen-bond donors (Lipinski definition) is 1. The van der Waals surface area contributed by atoms with Crippen molar-refractivity contribution in [2.45, 2.75) is 49.8 Å². The monoisotopic (exact) mass is 346 g/mol. The number of nitrogens with one attached hydrogen (secondary N) is 1. The molecule has 1 saturated heterocycles. The Bertz CT molecular complexity index is 799. The first-order valence-corrected chi connectivity index (χ1v) is 10.2. The Morgan fingerprint density at radius 2 is 1.92 bits per heavy atom. The molecule has 0 bridgehead atoms. The minimum atomic E-state index is -3.38. The van der Waals surface area contributed by atoms with Crippen LogP contribution in [-0.4, -0.2) is 34.4 Å². The first kappa shape index (κ1) is 15.8. The molecule has 1 aromatic carbocycles. The number of H-pyrrole nitrogens is 1. The Balaban J connectivity index is 1.58. The fourth-order valence-electron chi connectivity index (χ4n) is 3.34. The Morgan fingerprint density at radius 3 is 2.67 bits per heavy atom. The second-order valence-corrected chi connectivity index (χ2v) is 8.64. The maximum Gasteiger partial charge on any atom is 0.218 e. The molecule has 1 aromatic heterocycles. The first-order chi connectivity index (χ1) is 11.6. The largest absolute Gasteiger partial charge is 0.262 e. The molecule has 1 N–H and O–H groups in total. The van der Waals surface area contributed by atoms with E-state index >= 15 is 0 Å². The third-order valence-electron chi connectivity index (χ3n) is 4.78. The van der Waals surface area contributed by atoms with Crippen LogP contribution in [0, 0.1) is 0 Å². The van der Waals surface area contributed by atoms with Gasteiger partial charge in [0, 0.05) is 12.5 Å². The van der Waals surface area contributed by atoms with Gasteiger partial charge in [0.25, 0.3) is 0 Å². The molecule has 2 heterocycles. The van der Waals surface area contributed by atoms with Crippen LogP contribution < -0.4 is 0 Å². The molecule has 1 aliphatic heterocycles. The highest BCUT2D eigenvalue weighted by Gasteiger charge is 2.36. The number of rotatable bonds is 5. The second-order valence-electron chi connectivity index (χ2n) is 6.72. The number of nitrogens with zero attached hydrogens (tertiary/aromatic N) is 3. The fourth-order valence-corrected chi connectivity index (χ4v) is 5.12. The quantitative estimate of drug-likeness (QED) is 0.903. The maximum absolute atomic E-state index is 13.0. The van der Waals surface area contributed by atoms with Gasteiger partial charge < -0.3 is 0 Å². The fraction of sp³-hybridized carbons (Fsp3) is 0.529. The summed E-state index contributed by atoms with van der Waals surface area (Å²) in [5, 5.41) is 7.29. The van der Waals surface area contributed by atoms with Crippen molar-refractivity contribution in [1.82, 2.24) is 19.5 Å². The summed E-state index contributed by atoms with van der Waals surface area (Å²) in [6.07, 6.45) is 4.99. The second kappa shape index (κ2) is 6.29. The summed E-state index contributed by atoms with van der Waals surface area (Å²) >= 11 is 0. The van der Waals surface area contributed by atoms with E-state index in [0.29, 0.717) is 18.3 Å². The van der Waals surface area contributed by atoms with Crippen molar-refractivity contribution in [2.75, 3.05) is 6.54 Å². The zero-order valence-electron chi connectivity index (χ0n) is 13.6. The van der Waals surface area contributed by atoms with Crippen LogP contribution in [0.5, 0.6) is 0 Å². The van der Waals surface area contributed by atoms with E-state index < -0.39 is 10.0 Å². The first-order valence-electron chi connectivity index (χ1n) is 8.59. The average Bonchev–Trinajstić information content (AvgIpc) is 3.33. The molecule has 24 heavy (non-hydrogen) atoms. The van der Waals surface area contributed by atoms with Crippen molar-refractivity contribution in [3.63, 3.8) is 0 Å². The Kier molecular flexibility index (Phi) is 4.14. The van der Waals surface area contributed by atoms with Crippen LogP contribution in [0.25, 0.3) is 0 Å². The van der Waals surface area contributed by atoms with Crippen LogP contribution in [0.3, 0.4) is 0 Å². The smallest absolute Gasteiger partial charge is 0.218 e. The minimum absolute atomic E-state index is 0.0357. The highest BCUT2D eigenvalue weighted by molar-refractivity contribution is 7.88. The van der Waals surface area contributed by atoms with Crippen molar-refractivity contribution in [3.05, 3.63) is 47.5 Å². The summed E-state index contributed by atoms with van der Waals surface area (Å²) in [6.45, 7) is 0.555. The zero-order valence-corrected chi connectivity index (χ0v) is 14.4. The molecule has 2 aliphatic rings. The van der Waals surface area contributed by atoms with E-state index in [1.807, 2.05) is 30.3 Å². The molecule has 7 heteroatoms. The van der Waals surface area contributed by atoms with Crippen LogP contribution >= 0.6 is 0 Å². The average molecular weight is 346 g/mol. The molecule has 1 saturated carbocycles. The van der Waals surface area contributed by atoms with Crippen molar-refractivity contribution in [3.8, 4) is 0 Å². The summed E-state index contributed by atoms with van der Waals surface area (Å²) in [5.41, 5.74) is 0.818. The highest BCUT2D eigenvalue weighted by Crippen LogP contribution is 2.39. The number of hydrogen-bond acceptors (Lipinski definition) is 4. The summed E-state index contributed by atoms with van der Waals surface area (Å²) in [4.78, 5) is 4.59. The molecule has 6 nitrogen and oxygen atoms in total. The molecule has 0 spiro atoms. The van der Waals surface area contributed by atoms with Gasteiger partial charge >= 0.3 is 0 Å². The summed E-state index contributed by atoms with van der Waals surface area (Å²) in [7, 11) is -3.38. The lowest BCUT2D eigenvalue weighted by atomic mass is 10.0. The van der Waals surface area contributed by atoms with Crippen LogP contribution in [0.4, 0.5) is 0 Å². The van der Waals surface area contributed by atoms with Gasteiger partial charge in [-0.25, -0.2) is 13.4 Å². The number of benzene rings is 1. The lowest BCUT2D eigenvalue weighted by molar-refractivity contribution is 0.246. The topological polar surface area (TPSA) is 79.0 Å². The lowest BCUT2D eigenvalue weighted by Gasteiger charge is -2.33. The van der Waals surface area contributed by atoms with Gasteiger partial charge in [0.05, 0.1) is 11.8 Å². The van der Waals surface area contributed by atoms with Crippen molar-refractivity contribution < 1.29 is 8.42 Å². The molecular weight excluding hydrogens is 324 g/mol. The van der Waals surface area contributed by atoms with Gasteiger partial charge in [-0.1, -0.05) is 36.8 Å². The third-order valence-corrected chi connectivity index (χ3v) is 6.63. The Hall–Kier alpha value is -1.73. The maximum atomic E-state index is 13.0. The van der Waals surface area contributed by atoms with E-state index in [1.165, 1.54) is 0 Å². The van der Waals surface area contributed by atoms with Gasteiger partial charge in [-0.05, 0) is 31.2 Å². The predicted octanol–water partition coefficient (Wildman–Crippen LogP) is 2.74. The van der Waals surface area contributed by atoms with Gasteiger partial charge in [-0.2, -0.15) is 9.40 Å². The zero-order chi connectivity index (χ0) is 16.6. The molecule has 4 rings (SSSR count). The van der Waals surface area contributed by atoms with E-state index in [0.717, 1.165) is 43.5 Å². The summed E-state index contributed by atoms with van der Waals surface area (Å²) in [5.74, 6) is 2.05. The molecule has 1 atom stereocenters. The van der Waals surface area contributed by atoms with E-state index in [-0.39, 0.29) is 11.8 Å². The Morgan fingerprint density at radius 1 is 1.12 bits per heavy atom. The van der Waals surface area contributed by atoms with Crippen LogP contribution in [0.1, 0.15) is 61.3 Å².